The minimum absolute atomic E-state index is 0.0699. The monoisotopic (exact) mass is 511 g/mol. The van der Waals surface area contributed by atoms with Crippen LogP contribution < -0.4 is 0 Å². The van der Waals surface area contributed by atoms with Crippen molar-refractivity contribution in [1.29, 1.82) is 0 Å². The number of carbonyl (C=O) groups excluding carboxylic acids is 1. The lowest BCUT2D eigenvalue weighted by atomic mass is 9.44. The molecule has 1 aromatic carbocycles. The topological polar surface area (TPSA) is 85.1 Å². The fourth-order valence-corrected chi connectivity index (χ4v) is 9.94. The first-order chi connectivity index (χ1) is 17.0. The molecule has 0 saturated heterocycles. The van der Waals surface area contributed by atoms with Gasteiger partial charge in [-0.1, -0.05) is 13.8 Å². The number of aromatic nitrogens is 3. The molecule has 0 amide bonds. The molecule has 9 atom stereocenters. The number of Topliss-reactive ketones (excluding diaryl/α,β-unsaturated/α-hetero) is 1. The summed E-state index contributed by atoms with van der Waals surface area (Å²) in [7, 11) is -1.07. The largest absolute Gasteiger partial charge is 0.390 e. The van der Waals surface area contributed by atoms with Gasteiger partial charge in [-0.15, -0.1) is 0 Å². The third kappa shape index (κ3) is 3.82. The summed E-state index contributed by atoms with van der Waals surface area (Å²) in [5.41, 5.74) is 1.35. The van der Waals surface area contributed by atoms with Crippen molar-refractivity contribution in [3.05, 3.63) is 18.2 Å². The van der Waals surface area contributed by atoms with Crippen LogP contribution in [0.25, 0.3) is 11.0 Å². The Morgan fingerprint density at radius 3 is 2.53 bits per heavy atom. The molecule has 1 heterocycles. The lowest BCUT2D eigenvalue weighted by Crippen LogP contribution is -2.55. The smallest absolute Gasteiger partial charge is 0.159 e. The normalized spacial score (nSPS) is 43.0. The van der Waals surface area contributed by atoms with Gasteiger partial charge < -0.3 is 5.11 Å². The molecule has 0 spiro atoms. The summed E-state index contributed by atoms with van der Waals surface area (Å²) in [5, 5.41) is 19.9. The zero-order valence-corrected chi connectivity index (χ0v) is 23.0. The van der Waals surface area contributed by atoms with Crippen LogP contribution in [0.4, 0.5) is 0 Å². The number of nitrogens with zero attached hydrogens (tertiary/aromatic N) is 3. The van der Waals surface area contributed by atoms with Crippen LogP contribution in [0, 0.1) is 40.4 Å². The maximum atomic E-state index is 13.7. The Hall–Kier alpha value is -1.60. The highest BCUT2D eigenvalue weighted by atomic mass is 32.2. The predicted molar refractivity (Wildman–Crippen MR) is 141 cm³/mol. The average molecular weight is 512 g/mol. The quantitative estimate of drug-likeness (QED) is 0.614. The van der Waals surface area contributed by atoms with Crippen LogP contribution in [0.2, 0.25) is 0 Å². The van der Waals surface area contributed by atoms with Crippen molar-refractivity contribution in [2.45, 2.75) is 95.6 Å². The van der Waals surface area contributed by atoms with Crippen molar-refractivity contribution in [3.8, 4) is 0 Å². The second-order valence-corrected chi connectivity index (χ2v) is 14.7. The molecule has 196 valence electrons. The Morgan fingerprint density at radius 1 is 1.00 bits per heavy atom. The average Bonchev–Trinajstić information content (AvgIpc) is 3.38. The number of ketones is 1. The number of benzene rings is 1. The van der Waals surface area contributed by atoms with E-state index in [9.17, 15) is 14.1 Å². The van der Waals surface area contributed by atoms with Crippen molar-refractivity contribution in [2.75, 3.05) is 6.26 Å². The summed E-state index contributed by atoms with van der Waals surface area (Å²) in [4.78, 5) is 16.0. The first kappa shape index (κ1) is 24.7. The van der Waals surface area contributed by atoms with Crippen molar-refractivity contribution in [3.63, 3.8) is 0 Å². The molecule has 1 aromatic heterocycles. The van der Waals surface area contributed by atoms with Gasteiger partial charge in [0.1, 0.15) is 17.6 Å². The highest BCUT2D eigenvalue weighted by molar-refractivity contribution is 7.84. The number of aliphatic hydroxyl groups is 1. The molecule has 4 saturated carbocycles. The van der Waals surface area contributed by atoms with E-state index in [1.807, 2.05) is 25.1 Å². The molecule has 36 heavy (non-hydrogen) atoms. The number of fused-ring (bicyclic) bond motifs is 6. The van der Waals surface area contributed by atoms with Crippen molar-refractivity contribution in [1.82, 2.24) is 15.0 Å². The highest BCUT2D eigenvalue weighted by Crippen LogP contribution is 2.68. The molecular weight excluding hydrogens is 470 g/mol. The van der Waals surface area contributed by atoms with Crippen molar-refractivity contribution in [2.24, 2.45) is 40.4 Å². The summed E-state index contributed by atoms with van der Waals surface area (Å²) in [6.45, 7) is 7.18. The van der Waals surface area contributed by atoms with Crippen LogP contribution in [0.15, 0.2) is 23.1 Å². The molecule has 4 aliphatic carbocycles. The van der Waals surface area contributed by atoms with Gasteiger partial charge >= 0.3 is 0 Å². The molecule has 4 aliphatic rings. The fraction of sp³-hybridized carbons (Fsp3) is 0.759. The summed E-state index contributed by atoms with van der Waals surface area (Å²) in [6.07, 6.45) is 11.7. The van der Waals surface area contributed by atoms with Crippen LogP contribution >= 0.6 is 0 Å². The third-order valence-electron chi connectivity index (χ3n) is 11.4. The molecule has 1 unspecified atom stereocenters. The van der Waals surface area contributed by atoms with E-state index in [-0.39, 0.29) is 23.7 Å². The number of hydrogen-bond acceptors (Lipinski definition) is 5. The summed E-state index contributed by atoms with van der Waals surface area (Å²) < 4.78 is 11.8. The second-order valence-electron chi connectivity index (χ2n) is 13.3. The third-order valence-corrected chi connectivity index (χ3v) is 12.3. The Balaban J connectivity index is 1.19. The molecule has 1 N–H and O–H groups in total. The van der Waals surface area contributed by atoms with Gasteiger partial charge in [0.05, 0.1) is 5.60 Å². The van der Waals surface area contributed by atoms with E-state index < -0.39 is 16.4 Å². The lowest BCUT2D eigenvalue weighted by molar-refractivity contribution is -0.151. The predicted octanol–water partition coefficient (Wildman–Crippen LogP) is 5.15. The zero-order valence-electron chi connectivity index (χ0n) is 22.2. The second kappa shape index (κ2) is 8.45. The van der Waals surface area contributed by atoms with Gasteiger partial charge in [0.25, 0.3) is 0 Å². The first-order valence-electron chi connectivity index (χ1n) is 13.9. The molecule has 0 bridgehead atoms. The Morgan fingerprint density at radius 2 is 1.75 bits per heavy atom. The van der Waals surface area contributed by atoms with Crippen LogP contribution in [0.1, 0.15) is 78.6 Å². The van der Waals surface area contributed by atoms with Gasteiger partial charge in [0.2, 0.25) is 0 Å². The zero-order chi connectivity index (χ0) is 25.5. The minimum atomic E-state index is -1.07. The summed E-state index contributed by atoms with van der Waals surface area (Å²) >= 11 is 0. The molecule has 2 aromatic rings. The number of rotatable bonds is 4. The van der Waals surface area contributed by atoms with Crippen LogP contribution in [0.3, 0.4) is 0 Å². The van der Waals surface area contributed by atoms with Gasteiger partial charge in [-0.2, -0.15) is 15.0 Å². The van der Waals surface area contributed by atoms with Gasteiger partial charge in [-0.3, -0.25) is 9.00 Å². The van der Waals surface area contributed by atoms with Crippen LogP contribution in [-0.2, 0) is 22.1 Å². The minimum Gasteiger partial charge on any atom is -0.390 e. The summed E-state index contributed by atoms with van der Waals surface area (Å²) in [5.74, 6) is 3.05. The fourth-order valence-electron chi connectivity index (χ4n) is 9.40. The summed E-state index contributed by atoms with van der Waals surface area (Å²) in [6, 6.07) is 5.48. The molecule has 7 heteroatoms. The van der Waals surface area contributed by atoms with E-state index in [4.69, 9.17) is 0 Å². The standard InChI is InChI=1S/C29H41N3O3S/c1-27(34)13-14-28(2)18(16-27)5-7-20-21-8-9-23(29(21,3)12-11-22(20)28)26(33)17-32-30-24-10-6-19(36(4)35)15-25(24)31-32/h6,10,15,18,20-23,34H,5,7-9,11-14,16-17H2,1-4H3/t18-,20+,21+,22+,23-,27-,28+,29+,36?/m1/s1. The van der Waals surface area contributed by atoms with Crippen molar-refractivity contribution >= 4 is 27.6 Å². The maximum absolute atomic E-state index is 13.7. The van der Waals surface area contributed by atoms with E-state index >= 15 is 0 Å². The molecular formula is C29H41N3O3S. The number of hydrogen-bond donors (Lipinski definition) is 1. The number of carbonyl (C=O) groups is 1. The van der Waals surface area contributed by atoms with Gasteiger partial charge in [0, 0.05) is 27.9 Å². The molecule has 4 fully saturated rings. The first-order valence-corrected chi connectivity index (χ1v) is 15.5. The highest BCUT2D eigenvalue weighted by Gasteiger charge is 2.61. The van der Waals surface area contributed by atoms with Crippen LogP contribution in [-0.4, -0.2) is 41.9 Å². The van der Waals surface area contributed by atoms with Gasteiger partial charge in [-0.05, 0) is 117 Å². The van der Waals surface area contributed by atoms with E-state index in [1.165, 1.54) is 19.3 Å². The molecule has 0 radical (unpaired) electrons. The Labute approximate surface area is 217 Å². The van der Waals surface area contributed by atoms with E-state index in [0.717, 1.165) is 54.9 Å². The maximum Gasteiger partial charge on any atom is 0.159 e. The lowest BCUT2D eigenvalue weighted by Gasteiger charge is -2.61. The van der Waals surface area contributed by atoms with E-state index in [1.54, 1.807) is 11.1 Å². The SMILES string of the molecule is CS(=O)c1ccc2nn(CC(=O)[C@H]3CC[C@H]4[C@@H]5CC[C@@H]6C[C@](C)(O)CC[C@]6(C)[C@H]5CC[C@]34C)nc2c1. The van der Waals surface area contributed by atoms with E-state index in [0.29, 0.717) is 28.7 Å². The van der Waals surface area contributed by atoms with Crippen molar-refractivity contribution < 1.29 is 14.1 Å². The van der Waals surface area contributed by atoms with Gasteiger partial charge in [-0.25, -0.2) is 0 Å². The van der Waals surface area contributed by atoms with E-state index in [2.05, 4.69) is 24.0 Å². The Bertz CT molecular complexity index is 1220. The van der Waals surface area contributed by atoms with Crippen LogP contribution in [0.5, 0.6) is 0 Å². The molecule has 6 nitrogen and oxygen atoms in total. The molecule has 6 rings (SSSR count). The molecule has 0 aliphatic heterocycles. The Kier molecular flexibility index (Phi) is 5.81. The van der Waals surface area contributed by atoms with Gasteiger partial charge in [0.15, 0.2) is 5.78 Å².